The topological polar surface area (TPSA) is 121 Å². The van der Waals surface area contributed by atoms with E-state index >= 15 is 0 Å². The Kier molecular flexibility index (Phi) is 6.47. The second kappa shape index (κ2) is 9.47. The molecule has 1 amide bonds. The number of carbonyl (C=O) groups excluding carboxylic acids is 1. The average Bonchev–Trinajstić information content (AvgIpc) is 2.81. The van der Waals surface area contributed by atoms with Crippen molar-refractivity contribution in [3.63, 3.8) is 0 Å². The van der Waals surface area contributed by atoms with Gasteiger partial charge in [0.15, 0.2) is 6.23 Å². The number of carbonyl (C=O) groups is 1. The third kappa shape index (κ3) is 4.91. The predicted octanol–water partition coefficient (Wildman–Crippen LogP) is 3.61. The van der Waals surface area contributed by atoms with Gasteiger partial charge in [-0.25, -0.2) is 18.2 Å². The number of amides is 1. The first kappa shape index (κ1) is 22.6. The molecule has 0 spiro atoms. The SMILES string of the molecule is CCOc1ccc(Oc2ccc(S(=O)(=O)N3CCc4ccccc4[C@@H]3OC(N)=O)cn2)cc1. The van der Waals surface area contributed by atoms with E-state index in [0.717, 1.165) is 15.6 Å². The van der Waals surface area contributed by atoms with E-state index in [9.17, 15) is 13.2 Å². The lowest BCUT2D eigenvalue weighted by Gasteiger charge is -2.34. The lowest BCUT2D eigenvalue weighted by Crippen LogP contribution is -2.42. The summed E-state index contributed by atoms with van der Waals surface area (Å²) in [5.41, 5.74) is 6.70. The van der Waals surface area contributed by atoms with Crippen LogP contribution >= 0.6 is 0 Å². The molecule has 9 nitrogen and oxygen atoms in total. The van der Waals surface area contributed by atoms with Gasteiger partial charge < -0.3 is 19.9 Å². The summed E-state index contributed by atoms with van der Waals surface area (Å²) >= 11 is 0. The molecular weight excluding hydrogens is 446 g/mol. The molecular formula is C23H23N3O6S. The van der Waals surface area contributed by atoms with E-state index in [1.54, 1.807) is 36.4 Å². The van der Waals surface area contributed by atoms with Crippen molar-refractivity contribution < 1.29 is 27.4 Å². The molecule has 0 saturated carbocycles. The minimum atomic E-state index is -4.04. The first-order valence-corrected chi connectivity index (χ1v) is 11.7. The summed E-state index contributed by atoms with van der Waals surface area (Å²) in [6, 6.07) is 17.0. The fourth-order valence-electron chi connectivity index (χ4n) is 3.59. The van der Waals surface area contributed by atoms with Crippen LogP contribution < -0.4 is 15.2 Å². The van der Waals surface area contributed by atoms with E-state index < -0.39 is 22.3 Å². The number of nitrogens with two attached hydrogens (primary N) is 1. The maximum Gasteiger partial charge on any atom is 0.406 e. The van der Waals surface area contributed by atoms with Gasteiger partial charge in [-0.05, 0) is 49.2 Å². The van der Waals surface area contributed by atoms with E-state index in [1.807, 2.05) is 19.1 Å². The minimum Gasteiger partial charge on any atom is -0.494 e. The fourth-order valence-corrected chi connectivity index (χ4v) is 5.03. The summed E-state index contributed by atoms with van der Waals surface area (Å²) in [5.74, 6) is 1.48. The van der Waals surface area contributed by atoms with Crippen molar-refractivity contribution in [1.29, 1.82) is 0 Å². The highest BCUT2D eigenvalue weighted by Crippen LogP contribution is 2.35. The van der Waals surface area contributed by atoms with Crippen molar-refractivity contribution in [3.8, 4) is 17.4 Å². The molecule has 10 heteroatoms. The van der Waals surface area contributed by atoms with E-state index in [4.69, 9.17) is 19.9 Å². The van der Waals surface area contributed by atoms with Gasteiger partial charge in [-0.1, -0.05) is 24.3 Å². The summed E-state index contributed by atoms with van der Waals surface area (Å²) in [4.78, 5) is 15.6. The van der Waals surface area contributed by atoms with Crippen LogP contribution in [0.1, 0.15) is 24.3 Å². The third-order valence-corrected chi connectivity index (χ3v) is 6.91. The number of primary amides is 1. The first-order chi connectivity index (χ1) is 15.9. The second-order valence-electron chi connectivity index (χ2n) is 7.19. The molecule has 1 aliphatic rings. The lowest BCUT2D eigenvalue weighted by atomic mass is 10.00. The van der Waals surface area contributed by atoms with Crippen molar-refractivity contribution in [2.75, 3.05) is 13.2 Å². The highest BCUT2D eigenvalue weighted by molar-refractivity contribution is 7.89. The van der Waals surface area contributed by atoms with Gasteiger partial charge in [-0.3, -0.25) is 0 Å². The number of hydrogen-bond acceptors (Lipinski definition) is 7. The molecule has 4 rings (SSSR count). The number of benzene rings is 2. The molecule has 0 bridgehead atoms. The quantitative estimate of drug-likeness (QED) is 0.561. The number of sulfonamides is 1. The molecule has 2 heterocycles. The van der Waals surface area contributed by atoms with Crippen molar-refractivity contribution in [2.24, 2.45) is 5.73 Å². The van der Waals surface area contributed by atoms with Gasteiger partial charge in [0.25, 0.3) is 0 Å². The Labute approximate surface area is 191 Å². The molecule has 0 aliphatic carbocycles. The van der Waals surface area contributed by atoms with Crippen LogP contribution in [0.15, 0.2) is 71.8 Å². The maximum absolute atomic E-state index is 13.4. The van der Waals surface area contributed by atoms with Crippen LogP contribution in [0, 0.1) is 0 Å². The average molecular weight is 470 g/mol. The Bertz CT molecular complexity index is 1230. The number of rotatable bonds is 7. The summed E-state index contributed by atoms with van der Waals surface area (Å²) in [6.07, 6.45) is -0.534. The number of ether oxygens (including phenoxy) is 3. The standard InChI is InChI=1S/C23H23N3O6S/c1-2-30-17-7-9-18(10-8-17)31-21-12-11-19(15-25-21)33(28,29)26-14-13-16-5-3-4-6-20(16)22(26)32-23(24)27/h3-12,15,22H,2,13-14H2,1H3,(H2,24,27)/t22-/m0/s1. The molecule has 172 valence electrons. The van der Waals surface area contributed by atoms with Gasteiger partial charge >= 0.3 is 6.09 Å². The second-order valence-corrected chi connectivity index (χ2v) is 9.08. The Morgan fingerprint density at radius 2 is 1.82 bits per heavy atom. The van der Waals surface area contributed by atoms with Crippen molar-refractivity contribution >= 4 is 16.1 Å². The zero-order chi connectivity index (χ0) is 23.4. The number of hydrogen-bond donors (Lipinski definition) is 1. The first-order valence-electron chi connectivity index (χ1n) is 10.3. The van der Waals surface area contributed by atoms with Crippen LogP contribution in [0.2, 0.25) is 0 Å². The van der Waals surface area contributed by atoms with Crippen molar-refractivity contribution in [3.05, 3.63) is 78.0 Å². The van der Waals surface area contributed by atoms with Crippen LogP contribution in [0.5, 0.6) is 17.4 Å². The van der Waals surface area contributed by atoms with Gasteiger partial charge in [0.1, 0.15) is 16.4 Å². The molecule has 0 saturated heterocycles. The van der Waals surface area contributed by atoms with Crippen LogP contribution in [0.4, 0.5) is 4.79 Å². The zero-order valence-corrected chi connectivity index (χ0v) is 18.7. The number of pyridine rings is 1. The summed E-state index contributed by atoms with van der Waals surface area (Å²) < 4.78 is 44.1. The van der Waals surface area contributed by atoms with Gasteiger partial charge in [0.05, 0.1) is 12.8 Å². The largest absolute Gasteiger partial charge is 0.494 e. The number of fused-ring (bicyclic) bond motifs is 1. The van der Waals surface area contributed by atoms with Gasteiger partial charge in [0, 0.05) is 18.2 Å². The van der Waals surface area contributed by atoms with E-state index in [2.05, 4.69) is 4.98 Å². The minimum absolute atomic E-state index is 0.0565. The molecule has 0 unspecified atom stereocenters. The Balaban J connectivity index is 1.56. The molecule has 1 aliphatic heterocycles. The number of aromatic nitrogens is 1. The molecule has 3 aromatic rings. The maximum atomic E-state index is 13.4. The van der Waals surface area contributed by atoms with Crippen molar-refractivity contribution in [1.82, 2.24) is 9.29 Å². The Hall–Kier alpha value is -3.63. The normalized spacial score (nSPS) is 16.0. The van der Waals surface area contributed by atoms with Gasteiger partial charge in [-0.15, -0.1) is 0 Å². The summed E-state index contributed by atoms with van der Waals surface area (Å²) in [5, 5.41) is 0. The van der Waals surface area contributed by atoms with E-state index in [1.165, 1.54) is 18.3 Å². The highest BCUT2D eigenvalue weighted by atomic mass is 32.2. The van der Waals surface area contributed by atoms with Crippen LogP contribution in [-0.4, -0.2) is 37.0 Å². The van der Waals surface area contributed by atoms with Crippen LogP contribution in [0.3, 0.4) is 0 Å². The molecule has 1 aromatic heterocycles. The molecule has 2 aromatic carbocycles. The zero-order valence-electron chi connectivity index (χ0n) is 17.9. The Morgan fingerprint density at radius 1 is 1.09 bits per heavy atom. The van der Waals surface area contributed by atoms with Gasteiger partial charge in [-0.2, -0.15) is 4.31 Å². The van der Waals surface area contributed by atoms with E-state index in [0.29, 0.717) is 24.3 Å². The smallest absolute Gasteiger partial charge is 0.406 e. The van der Waals surface area contributed by atoms with Crippen LogP contribution in [-0.2, 0) is 21.2 Å². The fraction of sp³-hybridized carbons (Fsp3) is 0.217. The lowest BCUT2D eigenvalue weighted by molar-refractivity contribution is 0.0295. The predicted molar refractivity (Wildman–Crippen MR) is 119 cm³/mol. The molecule has 0 radical (unpaired) electrons. The van der Waals surface area contributed by atoms with Gasteiger partial charge in [0.2, 0.25) is 15.9 Å². The van der Waals surface area contributed by atoms with Crippen molar-refractivity contribution in [2.45, 2.75) is 24.5 Å². The third-order valence-electron chi connectivity index (χ3n) is 5.08. The summed E-state index contributed by atoms with van der Waals surface area (Å²) in [7, 11) is -4.04. The molecule has 33 heavy (non-hydrogen) atoms. The molecule has 1 atom stereocenters. The Morgan fingerprint density at radius 3 is 2.48 bits per heavy atom. The van der Waals surface area contributed by atoms with E-state index in [-0.39, 0.29) is 17.3 Å². The monoisotopic (exact) mass is 469 g/mol. The summed E-state index contributed by atoms with van der Waals surface area (Å²) in [6.45, 7) is 2.59. The van der Waals surface area contributed by atoms with Crippen LogP contribution in [0.25, 0.3) is 0 Å². The highest BCUT2D eigenvalue weighted by Gasteiger charge is 2.38. The molecule has 2 N–H and O–H groups in total. The number of nitrogens with zero attached hydrogens (tertiary/aromatic N) is 2. The molecule has 0 fully saturated rings.